The summed E-state index contributed by atoms with van der Waals surface area (Å²) in [7, 11) is 1.73. The third kappa shape index (κ3) is 3.47. The lowest BCUT2D eigenvalue weighted by atomic mass is 9.96. The predicted molar refractivity (Wildman–Crippen MR) is 72.9 cm³/mol. The average Bonchev–Trinajstić information content (AvgIpc) is 2.89. The summed E-state index contributed by atoms with van der Waals surface area (Å²) in [5, 5.41) is 4.03. The predicted octanol–water partition coefficient (Wildman–Crippen LogP) is 1.67. The van der Waals surface area contributed by atoms with Crippen molar-refractivity contribution in [2.45, 2.75) is 39.2 Å². The lowest BCUT2D eigenvalue weighted by molar-refractivity contribution is -0.143. The van der Waals surface area contributed by atoms with Gasteiger partial charge in [0, 0.05) is 33.2 Å². The lowest BCUT2D eigenvalue weighted by Gasteiger charge is -2.32. The number of nitrogens with zero attached hydrogens (tertiary/aromatic N) is 2. The molecule has 19 heavy (non-hydrogen) atoms. The highest BCUT2D eigenvalue weighted by Gasteiger charge is 2.34. The molecule has 2 rings (SSSR count). The summed E-state index contributed by atoms with van der Waals surface area (Å²) in [4.78, 5) is 19.5. The van der Waals surface area contributed by atoms with Gasteiger partial charge in [-0.2, -0.15) is 0 Å². The fourth-order valence-electron chi connectivity index (χ4n) is 2.63. The smallest absolute Gasteiger partial charge is 0.266 e. The number of amides is 1. The first-order valence-corrected chi connectivity index (χ1v) is 7.12. The minimum absolute atomic E-state index is 0.0928. The van der Waals surface area contributed by atoms with Crippen LogP contribution in [0.3, 0.4) is 0 Å². The minimum Gasteiger partial charge on any atom is -0.384 e. The number of piperidine rings is 1. The van der Waals surface area contributed by atoms with E-state index in [1.807, 2.05) is 4.90 Å². The largest absolute Gasteiger partial charge is 0.384 e. The van der Waals surface area contributed by atoms with Crippen molar-refractivity contribution in [1.82, 2.24) is 4.90 Å². The number of carbonyl (C=O) groups excluding carboxylic acids is 1. The maximum absolute atomic E-state index is 12.3. The quantitative estimate of drug-likeness (QED) is 0.779. The molecule has 5 nitrogen and oxygen atoms in total. The molecular weight excluding hydrogens is 244 g/mol. The normalized spacial score (nSPS) is 24.5. The molecule has 0 spiro atoms. The van der Waals surface area contributed by atoms with Crippen LogP contribution < -0.4 is 0 Å². The zero-order chi connectivity index (χ0) is 13.8. The van der Waals surface area contributed by atoms with Crippen LogP contribution in [0.4, 0.5) is 0 Å². The standard InChI is InChI=1S/C14H24N2O3/c1-10(2)12-8-13(19-15-12)14(17)16-6-4-11(5-7-16)9-18-3/h10-11,13H,4-9H2,1-3H3. The van der Waals surface area contributed by atoms with Crippen molar-refractivity contribution < 1.29 is 14.4 Å². The van der Waals surface area contributed by atoms with Crippen LogP contribution in [0.15, 0.2) is 5.16 Å². The van der Waals surface area contributed by atoms with Crippen molar-refractivity contribution in [2.24, 2.45) is 17.0 Å². The second-order valence-corrected chi connectivity index (χ2v) is 5.76. The molecule has 108 valence electrons. The first-order valence-electron chi connectivity index (χ1n) is 7.12. The van der Waals surface area contributed by atoms with E-state index in [0.717, 1.165) is 38.2 Å². The Morgan fingerprint density at radius 1 is 1.47 bits per heavy atom. The van der Waals surface area contributed by atoms with Crippen molar-refractivity contribution in [3.8, 4) is 0 Å². The van der Waals surface area contributed by atoms with E-state index in [4.69, 9.17) is 9.57 Å². The molecule has 1 fully saturated rings. The van der Waals surface area contributed by atoms with Crippen LogP contribution in [0.25, 0.3) is 0 Å². The molecule has 2 aliphatic heterocycles. The Morgan fingerprint density at radius 2 is 2.16 bits per heavy atom. The molecule has 1 unspecified atom stereocenters. The molecule has 0 bridgehead atoms. The molecule has 0 saturated carbocycles. The molecule has 5 heteroatoms. The van der Waals surface area contributed by atoms with Gasteiger partial charge in [-0.15, -0.1) is 0 Å². The first kappa shape index (κ1) is 14.3. The third-order valence-electron chi connectivity index (χ3n) is 3.96. The Morgan fingerprint density at radius 3 is 2.68 bits per heavy atom. The van der Waals surface area contributed by atoms with Crippen LogP contribution in [0.1, 0.15) is 33.1 Å². The number of likely N-dealkylation sites (tertiary alicyclic amines) is 1. The topological polar surface area (TPSA) is 51.1 Å². The van der Waals surface area contributed by atoms with Crippen LogP contribution in [-0.2, 0) is 14.4 Å². The molecule has 2 aliphatic rings. The van der Waals surface area contributed by atoms with Crippen molar-refractivity contribution in [3.63, 3.8) is 0 Å². The zero-order valence-electron chi connectivity index (χ0n) is 12.1. The van der Waals surface area contributed by atoms with Gasteiger partial charge >= 0.3 is 0 Å². The molecule has 0 N–H and O–H groups in total. The highest BCUT2D eigenvalue weighted by Crippen LogP contribution is 2.22. The van der Waals surface area contributed by atoms with Crippen LogP contribution >= 0.6 is 0 Å². The highest BCUT2D eigenvalue weighted by molar-refractivity contribution is 5.93. The van der Waals surface area contributed by atoms with Gasteiger partial charge in [-0.3, -0.25) is 4.79 Å². The first-order chi connectivity index (χ1) is 9.11. The molecule has 0 aromatic heterocycles. The van der Waals surface area contributed by atoms with Gasteiger partial charge in [0.25, 0.3) is 5.91 Å². The summed E-state index contributed by atoms with van der Waals surface area (Å²) in [6, 6.07) is 0. The van der Waals surface area contributed by atoms with Gasteiger partial charge in [0.1, 0.15) is 0 Å². The molecular formula is C14H24N2O3. The van der Waals surface area contributed by atoms with E-state index >= 15 is 0 Å². The summed E-state index contributed by atoms with van der Waals surface area (Å²) in [6.45, 7) is 6.56. The summed E-state index contributed by atoms with van der Waals surface area (Å²) >= 11 is 0. The number of carbonyl (C=O) groups is 1. The molecule has 0 aromatic rings. The summed E-state index contributed by atoms with van der Waals surface area (Å²) < 4.78 is 5.17. The molecule has 2 heterocycles. The number of methoxy groups -OCH3 is 1. The van der Waals surface area contributed by atoms with Gasteiger partial charge in [0.05, 0.1) is 5.71 Å². The van der Waals surface area contributed by atoms with Crippen molar-refractivity contribution >= 4 is 11.6 Å². The van der Waals surface area contributed by atoms with E-state index in [1.54, 1.807) is 7.11 Å². The second-order valence-electron chi connectivity index (χ2n) is 5.76. The number of ether oxygens (including phenoxy) is 1. The van der Waals surface area contributed by atoms with Gasteiger partial charge in [0.15, 0.2) is 0 Å². The number of hydrogen-bond acceptors (Lipinski definition) is 4. The average molecular weight is 268 g/mol. The molecule has 0 aliphatic carbocycles. The van der Waals surface area contributed by atoms with Crippen LogP contribution in [0, 0.1) is 11.8 Å². The monoisotopic (exact) mass is 268 g/mol. The molecule has 1 saturated heterocycles. The van der Waals surface area contributed by atoms with E-state index in [2.05, 4.69) is 19.0 Å². The SMILES string of the molecule is COCC1CCN(C(=O)C2CC(C(C)C)=NO2)CC1. The Kier molecular flexibility index (Phi) is 4.80. The summed E-state index contributed by atoms with van der Waals surface area (Å²) in [5.41, 5.74) is 0.993. The lowest BCUT2D eigenvalue weighted by Crippen LogP contribution is -2.44. The second kappa shape index (κ2) is 6.37. The van der Waals surface area contributed by atoms with Crippen LogP contribution in [0.2, 0.25) is 0 Å². The van der Waals surface area contributed by atoms with Crippen molar-refractivity contribution in [2.75, 3.05) is 26.8 Å². The van der Waals surface area contributed by atoms with E-state index < -0.39 is 6.10 Å². The maximum Gasteiger partial charge on any atom is 0.266 e. The van der Waals surface area contributed by atoms with Gasteiger partial charge in [-0.1, -0.05) is 19.0 Å². The van der Waals surface area contributed by atoms with Gasteiger partial charge < -0.3 is 14.5 Å². The van der Waals surface area contributed by atoms with E-state index in [1.165, 1.54) is 0 Å². The molecule has 0 radical (unpaired) electrons. The Bertz CT molecular complexity index is 347. The van der Waals surface area contributed by atoms with Gasteiger partial charge in [-0.25, -0.2) is 0 Å². The minimum atomic E-state index is -0.392. The van der Waals surface area contributed by atoms with E-state index in [0.29, 0.717) is 18.3 Å². The summed E-state index contributed by atoms with van der Waals surface area (Å²) in [5.74, 6) is 1.03. The van der Waals surface area contributed by atoms with Crippen molar-refractivity contribution in [3.05, 3.63) is 0 Å². The number of hydrogen-bond donors (Lipinski definition) is 0. The fourth-order valence-corrected chi connectivity index (χ4v) is 2.63. The molecule has 1 atom stereocenters. The van der Waals surface area contributed by atoms with Gasteiger partial charge in [0.2, 0.25) is 6.10 Å². The zero-order valence-corrected chi connectivity index (χ0v) is 12.1. The summed E-state index contributed by atoms with van der Waals surface area (Å²) in [6.07, 6.45) is 2.29. The Hall–Kier alpha value is -1.10. The Labute approximate surface area is 114 Å². The van der Waals surface area contributed by atoms with Crippen molar-refractivity contribution in [1.29, 1.82) is 0 Å². The van der Waals surface area contributed by atoms with E-state index in [9.17, 15) is 4.79 Å². The molecule has 0 aromatic carbocycles. The maximum atomic E-state index is 12.3. The number of oxime groups is 1. The third-order valence-corrected chi connectivity index (χ3v) is 3.96. The van der Waals surface area contributed by atoms with Gasteiger partial charge in [-0.05, 0) is 24.7 Å². The number of rotatable bonds is 4. The Balaban J connectivity index is 1.80. The van der Waals surface area contributed by atoms with Crippen LogP contribution in [-0.4, -0.2) is 49.4 Å². The fraction of sp³-hybridized carbons (Fsp3) is 0.857. The van der Waals surface area contributed by atoms with E-state index in [-0.39, 0.29) is 5.91 Å². The molecule has 1 amide bonds. The van der Waals surface area contributed by atoms with Crippen LogP contribution in [0.5, 0.6) is 0 Å². The highest BCUT2D eigenvalue weighted by atomic mass is 16.6.